The van der Waals surface area contributed by atoms with Crippen LogP contribution >= 0.6 is 23.2 Å². The first-order valence-electron chi connectivity index (χ1n) is 6.62. The SMILES string of the molecule is Nc1ccc(-c2cc3c(nn2)[nH]c2c(Cl)ccc(Cl)c23)cc1. The monoisotopic (exact) mass is 328 g/mol. The lowest BCUT2D eigenvalue weighted by molar-refractivity contribution is 1.07. The lowest BCUT2D eigenvalue weighted by atomic mass is 10.1. The van der Waals surface area contributed by atoms with Crippen LogP contribution in [0.1, 0.15) is 0 Å². The number of hydrogen-bond acceptors (Lipinski definition) is 3. The summed E-state index contributed by atoms with van der Waals surface area (Å²) in [5.41, 5.74) is 9.55. The predicted octanol–water partition coefficient (Wildman–Crippen LogP) is 4.67. The zero-order valence-electron chi connectivity index (χ0n) is 11.3. The minimum absolute atomic E-state index is 0.603. The van der Waals surface area contributed by atoms with E-state index in [-0.39, 0.29) is 0 Å². The molecule has 3 N–H and O–H groups in total. The first kappa shape index (κ1) is 13.4. The van der Waals surface area contributed by atoms with E-state index in [0.29, 0.717) is 21.4 Å². The first-order chi connectivity index (χ1) is 10.6. The van der Waals surface area contributed by atoms with Gasteiger partial charge >= 0.3 is 0 Å². The molecule has 6 heteroatoms. The number of nitrogens with one attached hydrogen (secondary N) is 1. The molecule has 0 fully saturated rings. The average molecular weight is 329 g/mol. The van der Waals surface area contributed by atoms with E-state index < -0.39 is 0 Å². The summed E-state index contributed by atoms with van der Waals surface area (Å²) in [6.07, 6.45) is 0. The molecule has 0 aliphatic rings. The van der Waals surface area contributed by atoms with Crippen LogP contribution in [0.2, 0.25) is 10.0 Å². The maximum absolute atomic E-state index is 6.33. The van der Waals surface area contributed by atoms with E-state index in [2.05, 4.69) is 15.2 Å². The van der Waals surface area contributed by atoms with Gasteiger partial charge in [0.1, 0.15) is 0 Å². The van der Waals surface area contributed by atoms with Crippen LogP contribution in [0.3, 0.4) is 0 Å². The Morgan fingerprint density at radius 1 is 0.909 bits per heavy atom. The number of nitrogens with two attached hydrogens (primary N) is 1. The van der Waals surface area contributed by atoms with Gasteiger partial charge in [0.25, 0.3) is 0 Å². The minimum Gasteiger partial charge on any atom is -0.399 e. The molecule has 2 aromatic carbocycles. The van der Waals surface area contributed by atoms with Gasteiger partial charge in [-0.15, -0.1) is 10.2 Å². The van der Waals surface area contributed by atoms with Gasteiger partial charge in [0, 0.05) is 22.0 Å². The molecule has 4 aromatic rings. The van der Waals surface area contributed by atoms with Gasteiger partial charge in [-0.1, -0.05) is 35.3 Å². The number of nitrogens with zero attached hydrogens (tertiary/aromatic N) is 2. The van der Waals surface area contributed by atoms with Gasteiger partial charge in [-0.2, -0.15) is 0 Å². The zero-order chi connectivity index (χ0) is 15.3. The number of hydrogen-bond donors (Lipinski definition) is 2. The smallest absolute Gasteiger partial charge is 0.161 e. The third-order valence-electron chi connectivity index (χ3n) is 3.62. The normalized spacial score (nSPS) is 11.4. The molecule has 0 spiro atoms. The van der Waals surface area contributed by atoms with Crippen LogP contribution in [0.5, 0.6) is 0 Å². The highest BCUT2D eigenvalue weighted by Gasteiger charge is 2.13. The Hall–Kier alpha value is -2.30. The maximum Gasteiger partial charge on any atom is 0.161 e. The van der Waals surface area contributed by atoms with Crippen molar-refractivity contribution in [3.8, 4) is 11.3 Å². The second-order valence-electron chi connectivity index (χ2n) is 5.02. The number of rotatable bonds is 1. The van der Waals surface area contributed by atoms with Crippen LogP contribution in [0.4, 0.5) is 5.69 Å². The fourth-order valence-electron chi connectivity index (χ4n) is 2.53. The van der Waals surface area contributed by atoms with Crippen molar-refractivity contribution in [2.75, 3.05) is 5.73 Å². The molecule has 108 valence electrons. The highest BCUT2D eigenvalue weighted by Crippen LogP contribution is 2.35. The summed E-state index contributed by atoms with van der Waals surface area (Å²) in [7, 11) is 0. The van der Waals surface area contributed by atoms with Gasteiger partial charge < -0.3 is 10.7 Å². The van der Waals surface area contributed by atoms with Crippen molar-refractivity contribution in [3.05, 3.63) is 52.5 Å². The summed E-state index contributed by atoms with van der Waals surface area (Å²) < 4.78 is 0. The fourth-order valence-corrected chi connectivity index (χ4v) is 2.99. The van der Waals surface area contributed by atoms with Crippen molar-refractivity contribution in [1.29, 1.82) is 0 Å². The van der Waals surface area contributed by atoms with E-state index >= 15 is 0 Å². The standard InChI is InChI=1S/C16H10Cl2N4/c17-11-5-6-12(18)15-14(11)10-7-13(21-22-16(10)20-15)8-1-3-9(19)4-2-8/h1-7H,19H2,(H,20,22). The minimum atomic E-state index is 0.603. The van der Waals surface area contributed by atoms with Gasteiger partial charge in [0.2, 0.25) is 0 Å². The predicted molar refractivity (Wildman–Crippen MR) is 91.3 cm³/mol. The highest BCUT2D eigenvalue weighted by atomic mass is 35.5. The van der Waals surface area contributed by atoms with Crippen LogP contribution in [-0.2, 0) is 0 Å². The molecule has 2 heterocycles. The Labute approximate surface area is 135 Å². The van der Waals surface area contributed by atoms with Gasteiger partial charge in [0.05, 0.1) is 21.3 Å². The number of aromatic amines is 1. The third kappa shape index (κ3) is 2.00. The number of H-pyrrole nitrogens is 1. The summed E-state index contributed by atoms with van der Waals surface area (Å²) in [5.74, 6) is 0. The fraction of sp³-hybridized carbons (Fsp3) is 0. The van der Waals surface area contributed by atoms with Crippen molar-refractivity contribution in [3.63, 3.8) is 0 Å². The van der Waals surface area contributed by atoms with Gasteiger partial charge in [-0.25, -0.2) is 0 Å². The topological polar surface area (TPSA) is 67.6 Å². The summed E-state index contributed by atoms with van der Waals surface area (Å²) in [6, 6.07) is 13.0. The van der Waals surface area contributed by atoms with E-state index in [4.69, 9.17) is 28.9 Å². The molecule has 0 unspecified atom stereocenters. The Balaban J connectivity index is 2.02. The van der Waals surface area contributed by atoms with E-state index in [0.717, 1.165) is 27.5 Å². The molecule has 0 amide bonds. The van der Waals surface area contributed by atoms with Crippen LogP contribution in [0, 0.1) is 0 Å². The second kappa shape index (κ2) is 4.87. The first-order valence-corrected chi connectivity index (χ1v) is 7.38. The summed E-state index contributed by atoms with van der Waals surface area (Å²) in [6.45, 7) is 0. The largest absolute Gasteiger partial charge is 0.399 e. The van der Waals surface area contributed by atoms with Crippen LogP contribution in [0.15, 0.2) is 42.5 Å². The Morgan fingerprint density at radius 3 is 2.41 bits per heavy atom. The summed E-state index contributed by atoms with van der Waals surface area (Å²) >= 11 is 12.5. The van der Waals surface area contributed by atoms with E-state index in [1.165, 1.54) is 0 Å². The highest BCUT2D eigenvalue weighted by molar-refractivity contribution is 6.42. The lowest BCUT2D eigenvalue weighted by Gasteiger charge is -2.01. The Bertz CT molecular complexity index is 1010. The van der Waals surface area contributed by atoms with Crippen LogP contribution in [-0.4, -0.2) is 15.2 Å². The Kier molecular flexibility index (Phi) is 2.96. The lowest BCUT2D eigenvalue weighted by Crippen LogP contribution is -1.89. The zero-order valence-corrected chi connectivity index (χ0v) is 12.8. The van der Waals surface area contributed by atoms with Crippen LogP contribution in [0.25, 0.3) is 33.2 Å². The number of aromatic nitrogens is 3. The number of fused-ring (bicyclic) bond motifs is 3. The molecular weight excluding hydrogens is 319 g/mol. The van der Waals surface area contributed by atoms with Gasteiger partial charge in [-0.05, 0) is 30.3 Å². The molecular formula is C16H10Cl2N4. The molecule has 0 bridgehead atoms. The van der Waals surface area contributed by atoms with E-state index in [1.54, 1.807) is 12.1 Å². The molecule has 0 radical (unpaired) electrons. The van der Waals surface area contributed by atoms with Gasteiger partial charge in [0.15, 0.2) is 5.65 Å². The van der Waals surface area contributed by atoms with Crippen LogP contribution < -0.4 is 5.73 Å². The van der Waals surface area contributed by atoms with Crippen molar-refractivity contribution in [2.45, 2.75) is 0 Å². The van der Waals surface area contributed by atoms with E-state index in [9.17, 15) is 0 Å². The maximum atomic E-state index is 6.33. The molecule has 0 saturated heterocycles. The number of halogens is 2. The molecule has 0 aliphatic heterocycles. The van der Waals surface area contributed by atoms with Gasteiger partial charge in [-0.3, -0.25) is 0 Å². The van der Waals surface area contributed by atoms with Crippen molar-refractivity contribution >= 4 is 50.8 Å². The molecule has 4 nitrogen and oxygen atoms in total. The Morgan fingerprint density at radius 2 is 1.64 bits per heavy atom. The average Bonchev–Trinajstić information content (AvgIpc) is 2.91. The van der Waals surface area contributed by atoms with Crippen molar-refractivity contribution in [2.24, 2.45) is 0 Å². The molecule has 0 saturated carbocycles. The molecule has 0 aliphatic carbocycles. The van der Waals surface area contributed by atoms with Crippen molar-refractivity contribution in [1.82, 2.24) is 15.2 Å². The summed E-state index contributed by atoms with van der Waals surface area (Å²) in [5, 5.41) is 11.5. The number of benzene rings is 2. The molecule has 0 atom stereocenters. The third-order valence-corrected chi connectivity index (χ3v) is 4.25. The second-order valence-corrected chi connectivity index (χ2v) is 5.83. The molecule has 2 aromatic heterocycles. The van der Waals surface area contributed by atoms with Crippen molar-refractivity contribution < 1.29 is 0 Å². The quantitative estimate of drug-likeness (QED) is 0.499. The molecule has 4 rings (SSSR count). The summed E-state index contributed by atoms with van der Waals surface area (Å²) in [4.78, 5) is 3.16. The number of anilines is 1. The van der Waals surface area contributed by atoms with E-state index in [1.807, 2.05) is 30.3 Å². The molecule has 22 heavy (non-hydrogen) atoms. The number of nitrogen functional groups attached to an aromatic ring is 1.